The molecule has 1 fully saturated rings. The monoisotopic (exact) mass is 323 g/mol. The normalized spacial score (nSPS) is 21.4. The molecule has 0 saturated carbocycles. The lowest BCUT2D eigenvalue weighted by Gasteiger charge is -2.23. The molecule has 1 N–H and O–H groups in total. The van der Waals surface area contributed by atoms with E-state index in [9.17, 15) is 9.59 Å². The molecule has 5 nitrogen and oxygen atoms in total. The van der Waals surface area contributed by atoms with E-state index in [1.807, 2.05) is 17.5 Å². The van der Waals surface area contributed by atoms with Crippen LogP contribution in [-0.4, -0.2) is 46.8 Å². The Morgan fingerprint density at radius 2 is 2.38 bits per heavy atom. The van der Waals surface area contributed by atoms with Gasteiger partial charge in [0.1, 0.15) is 6.04 Å². The summed E-state index contributed by atoms with van der Waals surface area (Å²) in [6, 6.07) is 3.55. The second kappa shape index (κ2) is 6.62. The third-order valence-corrected chi connectivity index (χ3v) is 5.36. The van der Waals surface area contributed by atoms with Crippen molar-refractivity contribution in [2.24, 2.45) is 4.99 Å². The first-order valence-corrected chi connectivity index (χ1v) is 8.90. The number of nitrogens with zero attached hydrogens (tertiary/aromatic N) is 2. The molecule has 7 heteroatoms. The predicted octanol–water partition coefficient (Wildman–Crippen LogP) is 1.50. The van der Waals surface area contributed by atoms with Crippen molar-refractivity contribution >= 4 is 40.1 Å². The first-order valence-electron chi connectivity index (χ1n) is 7.04. The van der Waals surface area contributed by atoms with Crippen molar-refractivity contribution in [3.8, 4) is 0 Å². The Hall–Kier alpha value is -1.34. The van der Waals surface area contributed by atoms with Crippen molar-refractivity contribution in [1.82, 2.24) is 10.2 Å². The number of hydrogen-bond acceptors (Lipinski definition) is 5. The van der Waals surface area contributed by atoms with Gasteiger partial charge in [-0.05, 0) is 24.3 Å². The summed E-state index contributed by atoms with van der Waals surface area (Å²) in [4.78, 5) is 31.7. The van der Waals surface area contributed by atoms with E-state index < -0.39 is 0 Å². The number of rotatable bonds is 3. The second-order valence-corrected chi connectivity index (χ2v) is 7.14. The van der Waals surface area contributed by atoms with Crippen LogP contribution >= 0.6 is 23.1 Å². The molecule has 1 aromatic rings. The van der Waals surface area contributed by atoms with Crippen molar-refractivity contribution in [1.29, 1.82) is 0 Å². The van der Waals surface area contributed by atoms with Crippen LogP contribution in [0.25, 0.3) is 0 Å². The Morgan fingerprint density at radius 1 is 1.48 bits per heavy atom. The zero-order valence-corrected chi connectivity index (χ0v) is 13.2. The van der Waals surface area contributed by atoms with E-state index in [-0.39, 0.29) is 17.9 Å². The van der Waals surface area contributed by atoms with Crippen LogP contribution in [0.5, 0.6) is 0 Å². The average molecular weight is 323 g/mol. The molecule has 0 aliphatic carbocycles. The van der Waals surface area contributed by atoms with Crippen LogP contribution < -0.4 is 5.32 Å². The van der Waals surface area contributed by atoms with Crippen molar-refractivity contribution in [3.63, 3.8) is 0 Å². The molecule has 112 valence electrons. The summed E-state index contributed by atoms with van der Waals surface area (Å²) < 4.78 is 0. The van der Waals surface area contributed by atoms with Gasteiger partial charge in [0.15, 0.2) is 5.17 Å². The van der Waals surface area contributed by atoms with Crippen LogP contribution in [0.3, 0.4) is 0 Å². The van der Waals surface area contributed by atoms with Crippen molar-refractivity contribution < 1.29 is 9.59 Å². The highest BCUT2D eigenvalue weighted by Crippen LogP contribution is 2.21. The number of carbonyl (C=O) groups excluding carboxylic acids is 2. The molecule has 0 unspecified atom stereocenters. The maximum Gasteiger partial charge on any atom is 0.248 e. The van der Waals surface area contributed by atoms with Crippen LogP contribution in [0.15, 0.2) is 22.5 Å². The summed E-state index contributed by atoms with van der Waals surface area (Å²) in [6.45, 7) is 1.42. The molecule has 1 saturated heterocycles. The molecular weight excluding hydrogens is 306 g/mol. The quantitative estimate of drug-likeness (QED) is 0.917. The number of likely N-dealkylation sites (tertiary alicyclic amines) is 1. The van der Waals surface area contributed by atoms with E-state index in [4.69, 9.17) is 0 Å². The molecule has 0 aromatic carbocycles. The molecule has 0 spiro atoms. The van der Waals surface area contributed by atoms with Gasteiger partial charge in [-0.15, -0.1) is 11.3 Å². The van der Waals surface area contributed by atoms with Gasteiger partial charge >= 0.3 is 0 Å². The van der Waals surface area contributed by atoms with Gasteiger partial charge in [-0.2, -0.15) is 0 Å². The Labute approximate surface area is 131 Å². The van der Waals surface area contributed by atoms with Crippen LogP contribution in [0.2, 0.25) is 0 Å². The maximum absolute atomic E-state index is 12.4. The molecular formula is C14H17N3O2S2. The van der Waals surface area contributed by atoms with Crippen LogP contribution in [0.1, 0.15) is 17.7 Å². The van der Waals surface area contributed by atoms with E-state index in [1.54, 1.807) is 28.0 Å². The molecule has 1 atom stereocenters. The van der Waals surface area contributed by atoms with Gasteiger partial charge in [0.2, 0.25) is 11.8 Å². The number of amides is 2. The van der Waals surface area contributed by atoms with Gasteiger partial charge in [0.05, 0.1) is 13.0 Å². The van der Waals surface area contributed by atoms with Crippen molar-refractivity contribution in [2.75, 3.05) is 18.8 Å². The highest BCUT2D eigenvalue weighted by molar-refractivity contribution is 8.14. The third-order valence-electron chi connectivity index (χ3n) is 3.60. The first-order chi connectivity index (χ1) is 10.2. The van der Waals surface area contributed by atoms with E-state index in [2.05, 4.69) is 10.3 Å². The Morgan fingerprint density at radius 3 is 3.10 bits per heavy atom. The number of aliphatic imine (C=N–C) groups is 1. The number of thiophene rings is 1. The molecule has 0 bridgehead atoms. The zero-order chi connectivity index (χ0) is 14.7. The molecule has 1 aromatic heterocycles. The van der Waals surface area contributed by atoms with Gasteiger partial charge in [-0.25, -0.2) is 0 Å². The van der Waals surface area contributed by atoms with E-state index in [1.165, 1.54) is 0 Å². The van der Waals surface area contributed by atoms with Gasteiger partial charge < -0.3 is 10.2 Å². The number of hydrogen-bond donors (Lipinski definition) is 1. The Balaban J connectivity index is 1.61. The van der Waals surface area contributed by atoms with Gasteiger partial charge in [-0.1, -0.05) is 17.8 Å². The topological polar surface area (TPSA) is 61.8 Å². The summed E-state index contributed by atoms with van der Waals surface area (Å²) in [5.41, 5.74) is 0. The van der Waals surface area contributed by atoms with Crippen molar-refractivity contribution in [2.45, 2.75) is 25.3 Å². The number of thioether (sulfide) groups is 1. The van der Waals surface area contributed by atoms with E-state index >= 15 is 0 Å². The standard InChI is InChI=1S/C14H17N3O2S2/c18-12(9-10-3-2-7-20-10)17-6-1-4-11(17)13(19)16-14-15-5-8-21-14/h2-3,7,11H,1,4-6,8-9H2,(H,15,16,19)/t11-/m0/s1. The molecule has 2 amide bonds. The maximum atomic E-state index is 12.4. The Kier molecular flexibility index (Phi) is 4.60. The minimum atomic E-state index is -0.346. The molecule has 2 aliphatic heterocycles. The van der Waals surface area contributed by atoms with Crippen molar-refractivity contribution in [3.05, 3.63) is 22.4 Å². The molecule has 21 heavy (non-hydrogen) atoms. The number of nitrogens with one attached hydrogen (secondary N) is 1. The van der Waals surface area contributed by atoms with E-state index in [0.717, 1.165) is 30.0 Å². The number of amidine groups is 1. The van der Waals surface area contributed by atoms with E-state index in [0.29, 0.717) is 18.1 Å². The van der Waals surface area contributed by atoms with Gasteiger partial charge in [0.25, 0.3) is 0 Å². The highest BCUT2D eigenvalue weighted by Gasteiger charge is 2.34. The predicted molar refractivity (Wildman–Crippen MR) is 85.7 cm³/mol. The number of carbonyl (C=O) groups is 2. The summed E-state index contributed by atoms with van der Waals surface area (Å²) in [7, 11) is 0. The van der Waals surface area contributed by atoms with Crippen LogP contribution in [0, 0.1) is 0 Å². The summed E-state index contributed by atoms with van der Waals surface area (Å²) in [5.74, 6) is 0.859. The second-order valence-electron chi connectivity index (χ2n) is 5.03. The molecule has 3 heterocycles. The largest absolute Gasteiger partial charge is 0.330 e. The lowest BCUT2D eigenvalue weighted by molar-refractivity contribution is -0.137. The highest BCUT2D eigenvalue weighted by atomic mass is 32.2. The molecule has 0 radical (unpaired) electrons. The summed E-state index contributed by atoms with van der Waals surface area (Å²) in [6.07, 6.45) is 2.00. The first kappa shape index (κ1) is 14.6. The Bertz CT molecular complexity index is 557. The molecule has 3 rings (SSSR count). The fraction of sp³-hybridized carbons (Fsp3) is 0.500. The third kappa shape index (κ3) is 3.47. The lowest BCUT2D eigenvalue weighted by atomic mass is 10.2. The SMILES string of the molecule is O=C(NC1=NCCS1)[C@@H]1CCCN1C(=O)Cc1cccs1. The zero-order valence-electron chi connectivity index (χ0n) is 11.6. The van der Waals surface area contributed by atoms with Gasteiger partial charge in [-0.3, -0.25) is 14.6 Å². The van der Waals surface area contributed by atoms with Gasteiger partial charge in [0, 0.05) is 17.2 Å². The average Bonchev–Trinajstić information content (AvgIpc) is 3.20. The minimum absolute atomic E-state index is 0.0381. The fourth-order valence-corrected chi connectivity index (χ4v) is 4.03. The smallest absolute Gasteiger partial charge is 0.248 e. The minimum Gasteiger partial charge on any atom is -0.330 e. The summed E-state index contributed by atoms with van der Waals surface area (Å²) in [5, 5.41) is 5.50. The van der Waals surface area contributed by atoms with Crippen LogP contribution in [0.4, 0.5) is 0 Å². The van der Waals surface area contributed by atoms with Crippen LogP contribution in [-0.2, 0) is 16.0 Å². The lowest BCUT2D eigenvalue weighted by Crippen LogP contribution is -2.47. The summed E-state index contributed by atoms with van der Waals surface area (Å²) >= 11 is 3.13. The molecule has 2 aliphatic rings. The fourth-order valence-electron chi connectivity index (χ4n) is 2.60.